The summed E-state index contributed by atoms with van der Waals surface area (Å²) in [5.74, 6) is -5.46. The minimum absolute atomic E-state index is 0. The Morgan fingerprint density at radius 1 is 1.58 bits per heavy atom. The van der Waals surface area contributed by atoms with Gasteiger partial charge in [0.15, 0.2) is 0 Å². The van der Waals surface area contributed by atoms with E-state index in [9.17, 15) is 13.6 Å². The van der Waals surface area contributed by atoms with Crippen molar-refractivity contribution in [3.05, 3.63) is 33.3 Å². The summed E-state index contributed by atoms with van der Waals surface area (Å²) < 4.78 is 32.1. The molecule has 0 aliphatic rings. The molecule has 0 amide bonds. The average molecular weight is 379 g/mol. The number of carbonyl (C=O) groups is 1. The highest BCUT2D eigenvalue weighted by molar-refractivity contribution is 9.10. The van der Waals surface area contributed by atoms with E-state index in [2.05, 4.69) is 20.7 Å². The van der Waals surface area contributed by atoms with Crippen molar-refractivity contribution in [1.29, 1.82) is 0 Å². The summed E-state index contributed by atoms with van der Waals surface area (Å²) in [6, 6.07) is 2.46. The normalized spacial score (nSPS) is 12.5. The molecule has 0 unspecified atom stereocenters. The Bertz CT molecular complexity index is 460. The second kappa shape index (κ2) is 7.38. The summed E-state index contributed by atoms with van der Waals surface area (Å²) in [7, 11) is 0. The van der Waals surface area contributed by atoms with Crippen molar-refractivity contribution in [1.82, 2.24) is 0 Å². The molecular weight excluding hydrogens is 367 g/mol. The van der Waals surface area contributed by atoms with Gasteiger partial charge < -0.3 is 10.5 Å². The smallest absolute Gasteiger partial charge is 0.379 e. The van der Waals surface area contributed by atoms with E-state index < -0.39 is 17.9 Å². The molecule has 0 aliphatic carbocycles. The van der Waals surface area contributed by atoms with Gasteiger partial charge in [-0.1, -0.05) is 27.5 Å². The molecule has 0 fully saturated rings. The Hall–Kier alpha value is -0.430. The first-order chi connectivity index (χ1) is 8.30. The minimum Gasteiger partial charge on any atom is -0.462 e. The number of nitrogens with two attached hydrogens (primary N) is 1. The van der Waals surface area contributed by atoms with E-state index in [1.807, 2.05) is 0 Å². The van der Waals surface area contributed by atoms with Gasteiger partial charge in [0, 0.05) is 9.50 Å². The van der Waals surface area contributed by atoms with Gasteiger partial charge in [0.2, 0.25) is 0 Å². The second-order valence-corrected chi connectivity index (χ2v) is 4.78. The van der Waals surface area contributed by atoms with Gasteiger partial charge >= 0.3 is 11.9 Å². The van der Waals surface area contributed by atoms with Crippen LogP contribution >= 0.6 is 39.9 Å². The Morgan fingerprint density at radius 3 is 2.68 bits per heavy atom. The van der Waals surface area contributed by atoms with E-state index in [0.29, 0.717) is 4.47 Å². The maximum atomic E-state index is 13.7. The molecule has 1 aromatic rings. The van der Waals surface area contributed by atoms with Gasteiger partial charge in [0.1, 0.15) is 6.04 Å². The molecular formula is C11H12BrCl2F2NO2. The van der Waals surface area contributed by atoms with E-state index in [0.717, 1.165) is 0 Å². The summed E-state index contributed by atoms with van der Waals surface area (Å²) >= 11 is 8.80. The number of esters is 1. The zero-order valence-electron chi connectivity index (χ0n) is 9.83. The zero-order valence-corrected chi connectivity index (χ0v) is 13.0. The number of benzene rings is 1. The molecule has 0 saturated carbocycles. The van der Waals surface area contributed by atoms with Crippen LogP contribution in [0.4, 0.5) is 8.78 Å². The Kier molecular flexibility index (Phi) is 7.21. The number of alkyl halides is 2. The maximum Gasteiger partial charge on any atom is 0.379 e. The zero-order chi connectivity index (χ0) is 13.9. The average Bonchev–Trinajstić information content (AvgIpc) is 2.31. The topological polar surface area (TPSA) is 52.3 Å². The first kappa shape index (κ1) is 18.6. The van der Waals surface area contributed by atoms with Gasteiger partial charge in [-0.2, -0.15) is 8.78 Å². The molecule has 2 N–H and O–H groups in total. The van der Waals surface area contributed by atoms with Crippen LogP contribution in [0.3, 0.4) is 0 Å². The number of hydrogen-bond acceptors (Lipinski definition) is 3. The molecule has 1 rings (SSSR count). The monoisotopic (exact) mass is 377 g/mol. The minimum atomic E-state index is -3.82. The lowest BCUT2D eigenvalue weighted by Crippen LogP contribution is -2.41. The predicted molar refractivity (Wildman–Crippen MR) is 74.9 cm³/mol. The van der Waals surface area contributed by atoms with E-state index in [1.54, 1.807) is 0 Å². The fraction of sp³-hybridized carbons (Fsp3) is 0.364. The van der Waals surface area contributed by atoms with Crippen molar-refractivity contribution in [3.63, 3.8) is 0 Å². The molecule has 0 aromatic heterocycles. The van der Waals surface area contributed by atoms with Crippen LogP contribution < -0.4 is 5.73 Å². The Morgan fingerprint density at radius 2 is 2.16 bits per heavy atom. The molecule has 8 heteroatoms. The third-order valence-corrected chi connectivity index (χ3v) is 3.19. The van der Waals surface area contributed by atoms with E-state index in [-0.39, 0.29) is 29.6 Å². The van der Waals surface area contributed by atoms with Crippen molar-refractivity contribution >= 4 is 45.9 Å². The van der Waals surface area contributed by atoms with Crippen LogP contribution in [0.2, 0.25) is 5.02 Å². The number of rotatable bonds is 4. The highest BCUT2D eigenvalue weighted by Gasteiger charge is 2.48. The molecule has 0 spiro atoms. The van der Waals surface area contributed by atoms with Crippen LogP contribution in [0, 0.1) is 0 Å². The van der Waals surface area contributed by atoms with Crippen LogP contribution in [-0.2, 0) is 9.53 Å². The van der Waals surface area contributed by atoms with Gasteiger partial charge in [0.05, 0.1) is 6.61 Å². The van der Waals surface area contributed by atoms with Gasteiger partial charge in [-0.15, -0.1) is 12.4 Å². The number of halogens is 5. The van der Waals surface area contributed by atoms with Crippen LogP contribution in [0.15, 0.2) is 22.7 Å². The van der Waals surface area contributed by atoms with Gasteiger partial charge in [-0.3, -0.25) is 0 Å². The summed E-state index contributed by atoms with van der Waals surface area (Å²) in [5.41, 5.74) is 5.48. The highest BCUT2D eigenvalue weighted by atomic mass is 79.9. The summed E-state index contributed by atoms with van der Waals surface area (Å²) in [6.07, 6.45) is 0. The van der Waals surface area contributed by atoms with Crippen molar-refractivity contribution in [2.24, 2.45) is 5.73 Å². The summed E-state index contributed by atoms with van der Waals surface area (Å²) in [6.45, 7) is 1.30. The van der Waals surface area contributed by atoms with Gasteiger partial charge in [-0.25, -0.2) is 4.79 Å². The Labute approximate surface area is 129 Å². The third-order valence-electron chi connectivity index (χ3n) is 2.23. The number of ether oxygens (including phenoxy) is 1. The maximum absolute atomic E-state index is 13.7. The summed E-state index contributed by atoms with van der Waals surface area (Å²) in [5, 5.41) is 0.253. The number of hydrogen-bond donors (Lipinski definition) is 1. The molecule has 0 bridgehead atoms. The molecule has 108 valence electrons. The Balaban J connectivity index is 0.00000324. The standard InChI is InChI=1S/C11H11BrClF2NO2.ClH/c1-2-18-10(17)11(14,15)9(16)7-5-6(13)3-4-8(7)12;/h3-5,9H,2,16H2,1H3;1H/t9-;/m0./s1. The lowest BCUT2D eigenvalue weighted by atomic mass is 10.0. The molecule has 3 nitrogen and oxygen atoms in total. The van der Waals surface area contributed by atoms with E-state index in [1.165, 1.54) is 25.1 Å². The molecule has 19 heavy (non-hydrogen) atoms. The van der Waals surface area contributed by atoms with E-state index in [4.69, 9.17) is 17.3 Å². The molecule has 1 atom stereocenters. The predicted octanol–water partition coefficient (Wildman–Crippen LogP) is 3.72. The molecule has 0 aliphatic heterocycles. The van der Waals surface area contributed by atoms with Crippen LogP contribution in [0.1, 0.15) is 18.5 Å². The van der Waals surface area contributed by atoms with Gasteiger partial charge in [-0.05, 0) is 30.7 Å². The van der Waals surface area contributed by atoms with Gasteiger partial charge in [0.25, 0.3) is 0 Å². The summed E-state index contributed by atoms with van der Waals surface area (Å²) in [4.78, 5) is 11.2. The molecule has 0 saturated heterocycles. The number of carbonyl (C=O) groups excluding carboxylic acids is 1. The van der Waals surface area contributed by atoms with Crippen molar-refractivity contribution in [2.75, 3.05) is 6.61 Å². The van der Waals surface area contributed by atoms with Crippen LogP contribution in [0.25, 0.3) is 0 Å². The van der Waals surface area contributed by atoms with Crippen molar-refractivity contribution in [2.45, 2.75) is 18.9 Å². The fourth-order valence-electron chi connectivity index (χ4n) is 1.30. The molecule has 0 radical (unpaired) electrons. The first-order valence-corrected chi connectivity index (χ1v) is 6.23. The first-order valence-electron chi connectivity index (χ1n) is 5.06. The third kappa shape index (κ3) is 4.27. The highest BCUT2D eigenvalue weighted by Crippen LogP contribution is 2.35. The van der Waals surface area contributed by atoms with Crippen molar-refractivity contribution in [3.8, 4) is 0 Å². The van der Waals surface area contributed by atoms with Crippen LogP contribution in [0.5, 0.6) is 0 Å². The quantitative estimate of drug-likeness (QED) is 0.812. The lowest BCUT2D eigenvalue weighted by Gasteiger charge is -2.22. The fourth-order valence-corrected chi connectivity index (χ4v) is 1.98. The molecule has 1 aromatic carbocycles. The van der Waals surface area contributed by atoms with E-state index >= 15 is 0 Å². The SMILES string of the molecule is CCOC(=O)C(F)(F)[C@@H](N)c1cc(Cl)ccc1Br.Cl. The van der Waals surface area contributed by atoms with Crippen molar-refractivity contribution < 1.29 is 18.3 Å². The molecule has 0 heterocycles. The largest absolute Gasteiger partial charge is 0.462 e. The lowest BCUT2D eigenvalue weighted by molar-refractivity contribution is -0.174. The van der Waals surface area contributed by atoms with Crippen LogP contribution in [-0.4, -0.2) is 18.5 Å². The second-order valence-electron chi connectivity index (χ2n) is 3.49.